The Bertz CT molecular complexity index is 181. The summed E-state index contributed by atoms with van der Waals surface area (Å²) < 4.78 is 0. The van der Waals surface area contributed by atoms with Gasteiger partial charge in [-0.3, -0.25) is 0 Å². The van der Waals surface area contributed by atoms with Crippen LogP contribution in [0.4, 0.5) is 0 Å². The molecule has 0 radical (unpaired) electrons. The number of nitrogens with zero attached hydrogens (tertiary/aromatic N) is 1. The van der Waals surface area contributed by atoms with Gasteiger partial charge in [0.1, 0.15) is 5.84 Å². The molecule has 0 heterocycles. The largest absolute Gasteiger partial charge is 0.409 e. The van der Waals surface area contributed by atoms with Crippen molar-refractivity contribution >= 4 is 5.84 Å². The average Bonchev–Trinajstić information content (AvgIpc) is 2.16. The fourth-order valence-electron chi connectivity index (χ4n) is 1.12. The van der Waals surface area contributed by atoms with E-state index in [1.54, 1.807) is 0 Å². The summed E-state index contributed by atoms with van der Waals surface area (Å²) in [5.74, 6) is 0.264. The Labute approximate surface area is 85.0 Å². The highest BCUT2D eigenvalue weighted by atomic mass is 16.4. The van der Waals surface area contributed by atoms with Crippen LogP contribution in [0.3, 0.4) is 0 Å². The van der Waals surface area contributed by atoms with E-state index in [-0.39, 0.29) is 17.9 Å². The van der Waals surface area contributed by atoms with Crippen LogP contribution >= 0.6 is 0 Å². The molecule has 0 aromatic heterocycles. The third kappa shape index (κ3) is 5.04. The number of aliphatic hydroxyl groups excluding tert-OH is 1. The first-order chi connectivity index (χ1) is 6.54. The van der Waals surface area contributed by atoms with Crippen LogP contribution in [0.25, 0.3) is 0 Å². The van der Waals surface area contributed by atoms with Crippen molar-refractivity contribution in [3.63, 3.8) is 0 Å². The van der Waals surface area contributed by atoms with Gasteiger partial charge in [0.15, 0.2) is 0 Å². The molecule has 0 atom stereocenters. The van der Waals surface area contributed by atoms with Gasteiger partial charge in [0.05, 0.1) is 6.61 Å². The second-order valence-electron chi connectivity index (χ2n) is 3.95. The number of nitrogens with one attached hydrogen (secondary N) is 1. The minimum atomic E-state index is -0.268. The summed E-state index contributed by atoms with van der Waals surface area (Å²) in [6, 6.07) is 0. The second-order valence-corrected chi connectivity index (χ2v) is 3.95. The predicted molar refractivity (Wildman–Crippen MR) is 56.4 cm³/mol. The number of amidine groups is 1. The molecule has 0 saturated heterocycles. The number of hydrogen-bond acceptors (Lipinski definition) is 4. The van der Waals surface area contributed by atoms with E-state index in [1.807, 2.05) is 13.8 Å². The highest BCUT2D eigenvalue weighted by Crippen LogP contribution is 2.21. The van der Waals surface area contributed by atoms with Gasteiger partial charge in [-0.2, -0.15) is 0 Å². The Balaban J connectivity index is 3.66. The van der Waals surface area contributed by atoms with Crippen molar-refractivity contribution in [1.29, 1.82) is 0 Å². The van der Waals surface area contributed by atoms with Crippen molar-refractivity contribution in [3.05, 3.63) is 0 Å². The smallest absolute Gasteiger partial charge is 0.144 e. The first-order valence-electron chi connectivity index (χ1n) is 4.84. The average molecular weight is 203 g/mol. The predicted octanol–water partition coefficient (Wildman–Crippen LogP) is 0.121. The van der Waals surface area contributed by atoms with E-state index in [1.165, 1.54) is 0 Å². The van der Waals surface area contributed by atoms with Gasteiger partial charge in [-0.25, -0.2) is 0 Å². The summed E-state index contributed by atoms with van der Waals surface area (Å²) in [5.41, 5.74) is 5.26. The Hall–Kier alpha value is -0.810. The van der Waals surface area contributed by atoms with E-state index in [2.05, 4.69) is 10.5 Å². The Morgan fingerprint density at radius 2 is 2.07 bits per heavy atom. The molecule has 84 valence electrons. The topological polar surface area (TPSA) is 90.9 Å². The van der Waals surface area contributed by atoms with Crippen LogP contribution in [0, 0.1) is 5.41 Å². The standard InChI is InChI=1S/C9H21N3O2/c1-9(2,8(10)12-14)4-3-5-11-6-7-13/h11,13-14H,3-7H2,1-2H3,(H2,10,12). The van der Waals surface area contributed by atoms with E-state index in [0.717, 1.165) is 19.4 Å². The molecule has 0 aliphatic carbocycles. The summed E-state index contributed by atoms with van der Waals surface area (Å²) in [6.07, 6.45) is 1.78. The van der Waals surface area contributed by atoms with Gasteiger partial charge in [0.2, 0.25) is 0 Å². The van der Waals surface area contributed by atoms with Gasteiger partial charge in [-0.05, 0) is 19.4 Å². The highest BCUT2D eigenvalue weighted by molar-refractivity contribution is 5.85. The van der Waals surface area contributed by atoms with Gasteiger partial charge < -0.3 is 21.4 Å². The number of rotatable bonds is 7. The van der Waals surface area contributed by atoms with Crippen LogP contribution in [-0.4, -0.2) is 35.8 Å². The lowest BCUT2D eigenvalue weighted by atomic mass is 9.86. The van der Waals surface area contributed by atoms with Crippen molar-refractivity contribution in [1.82, 2.24) is 5.32 Å². The van der Waals surface area contributed by atoms with Crippen LogP contribution in [0.1, 0.15) is 26.7 Å². The quantitative estimate of drug-likeness (QED) is 0.155. The Morgan fingerprint density at radius 3 is 2.57 bits per heavy atom. The SMILES string of the molecule is CC(C)(CCCNCCO)C(N)=NO. The molecule has 0 bridgehead atoms. The Kier molecular flexibility index (Phi) is 6.23. The van der Waals surface area contributed by atoms with E-state index < -0.39 is 0 Å². The van der Waals surface area contributed by atoms with Crippen LogP contribution in [0.15, 0.2) is 5.16 Å². The van der Waals surface area contributed by atoms with Crippen molar-refractivity contribution < 1.29 is 10.3 Å². The molecule has 14 heavy (non-hydrogen) atoms. The molecular weight excluding hydrogens is 182 g/mol. The molecule has 0 aromatic carbocycles. The molecule has 0 rings (SSSR count). The summed E-state index contributed by atoms with van der Waals surface area (Å²) in [5, 5.41) is 23.1. The molecule has 5 heteroatoms. The maximum Gasteiger partial charge on any atom is 0.144 e. The fourth-order valence-corrected chi connectivity index (χ4v) is 1.12. The number of aliphatic hydroxyl groups is 1. The molecule has 0 amide bonds. The van der Waals surface area contributed by atoms with Crippen LogP contribution < -0.4 is 11.1 Å². The van der Waals surface area contributed by atoms with E-state index >= 15 is 0 Å². The van der Waals surface area contributed by atoms with Crippen LogP contribution in [0.5, 0.6) is 0 Å². The summed E-state index contributed by atoms with van der Waals surface area (Å²) in [7, 11) is 0. The van der Waals surface area contributed by atoms with Crippen molar-refractivity contribution in [2.45, 2.75) is 26.7 Å². The molecule has 0 aliphatic rings. The maximum atomic E-state index is 8.53. The lowest BCUT2D eigenvalue weighted by Gasteiger charge is -2.22. The third-order valence-corrected chi connectivity index (χ3v) is 2.25. The van der Waals surface area contributed by atoms with Crippen LogP contribution in [0.2, 0.25) is 0 Å². The van der Waals surface area contributed by atoms with Crippen molar-refractivity contribution in [3.8, 4) is 0 Å². The summed E-state index contributed by atoms with van der Waals surface area (Å²) >= 11 is 0. The van der Waals surface area contributed by atoms with Crippen molar-refractivity contribution in [2.24, 2.45) is 16.3 Å². The van der Waals surface area contributed by atoms with Gasteiger partial charge in [-0.15, -0.1) is 0 Å². The monoisotopic (exact) mass is 203 g/mol. The molecule has 5 N–H and O–H groups in total. The zero-order valence-electron chi connectivity index (χ0n) is 8.95. The summed E-state index contributed by atoms with van der Waals surface area (Å²) in [6.45, 7) is 5.48. The first-order valence-corrected chi connectivity index (χ1v) is 4.84. The lowest BCUT2D eigenvalue weighted by molar-refractivity contribution is 0.289. The second kappa shape index (κ2) is 6.62. The molecule has 0 unspecified atom stereocenters. The van der Waals surface area contributed by atoms with E-state index in [0.29, 0.717) is 6.54 Å². The zero-order valence-corrected chi connectivity index (χ0v) is 8.95. The highest BCUT2D eigenvalue weighted by Gasteiger charge is 2.22. The minimum Gasteiger partial charge on any atom is -0.409 e. The minimum absolute atomic E-state index is 0.156. The molecular formula is C9H21N3O2. The van der Waals surface area contributed by atoms with E-state index in [9.17, 15) is 0 Å². The van der Waals surface area contributed by atoms with Gasteiger partial charge in [-0.1, -0.05) is 19.0 Å². The number of hydrogen-bond donors (Lipinski definition) is 4. The van der Waals surface area contributed by atoms with Crippen molar-refractivity contribution in [2.75, 3.05) is 19.7 Å². The number of nitrogens with two attached hydrogens (primary N) is 1. The van der Waals surface area contributed by atoms with Gasteiger partial charge in [0, 0.05) is 12.0 Å². The molecule has 5 nitrogen and oxygen atoms in total. The normalized spacial score (nSPS) is 13.2. The van der Waals surface area contributed by atoms with Crippen LogP contribution in [-0.2, 0) is 0 Å². The molecule has 0 fully saturated rings. The number of oxime groups is 1. The van der Waals surface area contributed by atoms with E-state index in [4.69, 9.17) is 16.0 Å². The molecule has 0 spiro atoms. The van der Waals surface area contributed by atoms with Gasteiger partial charge >= 0.3 is 0 Å². The third-order valence-electron chi connectivity index (χ3n) is 2.25. The fraction of sp³-hybridized carbons (Fsp3) is 0.889. The lowest BCUT2D eigenvalue weighted by Crippen LogP contribution is -2.32. The zero-order chi connectivity index (χ0) is 11.0. The molecule has 0 aliphatic heterocycles. The summed E-state index contributed by atoms with van der Waals surface area (Å²) in [4.78, 5) is 0. The Morgan fingerprint density at radius 1 is 1.43 bits per heavy atom. The molecule has 0 aromatic rings. The first kappa shape index (κ1) is 13.2. The van der Waals surface area contributed by atoms with Gasteiger partial charge in [0.25, 0.3) is 0 Å². The molecule has 0 saturated carbocycles. The maximum absolute atomic E-state index is 8.53.